The molecule has 0 unspecified atom stereocenters. The van der Waals surface area contributed by atoms with E-state index in [2.05, 4.69) is 5.16 Å². The van der Waals surface area contributed by atoms with Crippen LogP contribution < -0.4 is 0 Å². The molecule has 2 heterocycles. The van der Waals surface area contributed by atoms with E-state index in [0.29, 0.717) is 18.1 Å². The second-order valence-electron chi connectivity index (χ2n) is 5.74. The molecular formula is C14H18N2O4. The lowest BCUT2D eigenvalue weighted by Gasteiger charge is -2.32. The summed E-state index contributed by atoms with van der Waals surface area (Å²) in [5, 5.41) is 13.1. The summed E-state index contributed by atoms with van der Waals surface area (Å²) >= 11 is 0. The highest BCUT2D eigenvalue weighted by Gasteiger charge is 2.48. The molecule has 20 heavy (non-hydrogen) atoms. The summed E-state index contributed by atoms with van der Waals surface area (Å²) in [6.45, 7) is 1.71. The van der Waals surface area contributed by atoms with Gasteiger partial charge in [-0.1, -0.05) is 18.0 Å². The maximum Gasteiger partial charge on any atom is 0.326 e. The maximum absolute atomic E-state index is 12.6. The molecule has 108 valence electrons. The lowest BCUT2D eigenvalue weighted by molar-refractivity contribution is -0.141. The van der Waals surface area contributed by atoms with Crippen molar-refractivity contribution >= 4 is 11.9 Å². The summed E-state index contributed by atoms with van der Waals surface area (Å²) in [5.41, 5.74) is 0.208. The minimum Gasteiger partial charge on any atom is -0.480 e. The number of nitrogens with zero attached hydrogens (tertiary/aromatic N) is 2. The van der Waals surface area contributed by atoms with E-state index in [9.17, 15) is 14.7 Å². The number of hydrogen-bond acceptors (Lipinski definition) is 4. The molecule has 3 atom stereocenters. The molecule has 1 N–H and O–H groups in total. The van der Waals surface area contributed by atoms with Crippen LogP contribution in [0.2, 0.25) is 0 Å². The molecule has 2 aliphatic rings. The minimum atomic E-state index is -0.923. The third kappa shape index (κ3) is 2.09. The second kappa shape index (κ2) is 4.92. The van der Waals surface area contributed by atoms with Gasteiger partial charge in [-0.05, 0) is 32.1 Å². The van der Waals surface area contributed by atoms with Crippen LogP contribution in [0.25, 0.3) is 0 Å². The molecule has 6 nitrogen and oxygen atoms in total. The van der Waals surface area contributed by atoms with Crippen LogP contribution in [0, 0.1) is 12.8 Å². The number of rotatable bonds is 2. The molecule has 1 aliphatic carbocycles. The number of carboxylic acids is 1. The summed E-state index contributed by atoms with van der Waals surface area (Å²) in [6.07, 6.45) is 4.63. The van der Waals surface area contributed by atoms with Crippen LogP contribution in [-0.4, -0.2) is 39.1 Å². The predicted molar refractivity (Wildman–Crippen MR) is 69.2 cm³/mol. The Kier molecular flexibility index (Phi) is 3.23. The fourth-order valence-electron chi connectivity index (χ4n) is 3.57. The number of carbonyl (C=O) groups excluding carboxylic acids is 1. The number of hydrogen-bond donors (Lipinski definition) is 1. The number of fused-ring (bicyclic) bond motifs is 1. The van der Waals surface area contributed by atoms with E-state index in [1.807, 2.05) is 0 Å². The van der Waals surface area contributed by atoms with Crippen LogP contribution in [0.3, 0.4) is 0 Å². The van der Waals surface area contributed by atoms with Crippen LogP contribution in [-0.2, 0) is 4.79 Å². The first-order valence-electron chi connectivity index (χ1n) is 7.06. The molecule has 0 spiro atoms. The van der Waals surface area contributed by atoms with Crippen LogP contribution in [0.5, 0.6) is 0 Å². The van der Waals surface area contributed by atoms with Crippen molar-refractivity contribution in [1.29, 1.82) is 0 Å². The zero-order valence-corrected chi connectivity index (χ0v) is 11.4. The van der Waals surface area contributed by atoms with E-state index in [4.69, 9.17) is 4.52 Å². The number of aromatic nitrogens is 1. The third-order valence-electron chi connectivity index (χ3n) is 4.45. The van der Waals surface area contributed by atoms with Gasteiger partial charge in [-0.3, -0.25) is 4.79 Å². The summed E-state index contributed by atoms with van der Waals surface area (Å²) in [6, 6.07) is 0.874. The van der Waals surface area contributed by atoms with Crippen molar-refractivity contribution in [3.63, 3.8) is 0 Å². The average Bonchev–Trinajstić information content (AvgIpc) is 3.01. The Bertz CT molecular complexity index is 539. The van der Waals surface area contributed by atoms with E-state index in [0.717, 1.165) is 25.7 Å². The molecule has 1 saturated carbocycles. The molecule has 3 rings (SSSR count). The first-order chi connectivity index (χ1) is 9.58. The monoisotopic (exact) mass is 278 g/mol. The molecule has 1 saturated heterocycles. The zero-order valence-electron chi connectivity index (χ0n) is 11.4. The molecule has 1 aliphatic heterocycles. The van der Waals surface area contributed by atoms with Gasteiger partial charge in [0, 0.05) is 12.1 Å². The summed E-state index contributed by atoms with van der Waals surface area (Å²) < 4.78 is 4.93. The summed E-state index contributed by atoms with van der Waals surface area (Å²) in [4.78, 5) is 25.6. The number of likely N-dealkylation sites (tertiary alicyclic amines) is 1. The highest BCUT2D eigenvalue weighted by atomic mass is 16.5. The van der Waals surface area contributed by atoms with E-state index in [1.165, 1.54) is 4.90 Å². The number of carbonyl (C=O) groups is 2. The van der Waals surface area contributed by atoms with Gasteiger partial charge < -0.3 is 14.5 Å². The van der Waals surface area contributed by atoms with Gasteiger partial charge in [0.1, 0.15) is 11.8 Å². The van der Waals surface area contributed by atoms with Crippen molar-refractivity contribution in [3.8, 4) is 0 Å². The number of aliphatic carboxylic acids is 1. The van der Waals surface area contributed by atoms with Crippen molar-refractivity contribution in [2.75, 3.05) is 0 Å². The number of carboxylic acid groups (broad SMARTS) is 1. The molecule has 0 bridgehead atoms. The van der Waals surface area contributed by atoms with Crippen LogP contribution >= 0.6 is 0 Å². The van der Waals surface area contributed by atoms with Gasteiger partial charge in [0.15, 0.2) is 5.69 Å². The Morgan fingerprint density at radius 1 is 1.40 bits per heavy atom. The molecular weight excluding hydrogens is 260 g/mol. The quantitative estimate of drug-likeness (QED) is 0.892. The average molecular weight is 278 g/mol. The Morgan fingerprint density at radius 2 is 2.15 bits per heavy atom. The third-order valence-corrected chi connectivity index (χ3v) is 4.45. The van der Waals surface area contributed by atoms with E-state index < -0.39 is 12.0 Å². The van der Waals surface area contributed by atoms with Crippen molar-refractivity contribution in [3.05, 3.63) is 17.5 Å². The molecule has 1 aromatic rings. The van der Waals surface area contributed by atoms with Gasteiger partial charge in [0.2, 0.25) is 0 Å². The summed E-state index contributed by atoms with van der Waals surface area (Å²) in [7, 11) is 0. The Labute approximate surface area is 116 Å². The SMILES string of the molecule is Cc1cc(C(=O)N2[C@@H]3CCCC[C@@H]3C[C@H]2C(=O)O)no1. The highest BCUT2D eigenvalue weighted by molar-refractivity contribution is 5.95. The second-order valence-corrected chi connectivity index (χ2v) is 5.74. The van der Waals surface area contributed by atoms with E-state index in [1.54, 1.807) is 13.0 Å². The first kappa shape index (κ1) is 13.1. The Hall–Kier alpha value is -1.85. The normalized spacial score (nSPS) is 29.2. The van der Waals surface area contributed by atoms with Crippen molar-refractivity contribution in [2.45, 2.75) is 51.1 Å². The zero-order chi connectivity index (χ0) is 14.3. The van der Waals surface area contributed by atoms with Crippen LogP contribution in [0.4, 0.5) is 0 Å². The van der Waals surface area contributed by atoms with E-state index >= 15 is 0 Å². The lowest BCUT2D eigenvalue weighted by Crippen LogP contribution is -2.46. The van der Waals surface area contributed by atoms with Gasteiger partial charge in [0.05, 0.1) is 0 Å². The fraction of sp³-hybridized carbons (Fsp3) is 0.643. The molecule has 2 fully saturated rings. The van der Waals surface area contributed by atoms with E-state index in [-0.39, 0.29) is 17.6 Å². The van der Waals surface area contributed by atoms with Crippen LogP contribution in [0.15, 0.2) is 10.6 Å². The van der Waals surface area contributed by atoms with Gasteiger partial charge in [0.25, 0.3) is 5.91 Å². The summed E-state index contributed by atoms with van der Waals surface area (Å²) in [5.74, 6) is -0.377. The smallest absolute Gasteiger partial charge is 0.326 e. The van der Waals surface area contributed by atoms with Gasteiger partial charge in [-0.25, -0.2) is 4.79 Å². The van der Waals surface area contributed by atoms with Crippen molar-refractivity contribution in [1.82, 2.24) is 10.1 Å². The maximum atomic E-state index is 12.6. The fourth-order valence-corrected chi connectivity index (χ4v) is 3.57. The van der Waals surface area contributed by atoms with Gasteiger partial charge in [-0.15, -0.1) is 0 Å². The molecule has 0 aromatic carbocycles. The predicted octanol–water partition coefficient (Wildman–Crippen LogP) is 1.84. The molecule has 0 radical (unpaired) electrons. The number of amides is 1. The number of aryl methyl sites for hydroxylation is 1. The first-order valence-corrected chi connectivity index (χ1v) is 7.06. The Balaban J connectivity index is 1.90. The van der Waals surface area contributed by atoms with Gasteiger partial charge in [-0.2, -0.15) is 0 Å². The standard InChI is InChI=1S/C14H18N2O4/c1-8-6-10(15-20-8)13(17)16-11-5-3-2-4-9(11)7-12(16)14(18)19/h6,9,11-12H,2-5,7H2,1H3,(H,18,19)/t9-,11-,12+/m1/s1. The minimum absolute atomic E-state index is 0.0364. The molecule has 6 heteroatoms. The highest BCUT2D eigenvalue weighted by Crippen LogP contribution is 2.40. The molecule has 1 aromatic heterocycles. The van der Waals surface area contributed by atoms with Crippen molar-refractivity contribution < 1.29 is 19.2 Å². The topological polar surface area (TPSA) is 83.6 Å². The molecule has 1 amide bonds. The largest absolute Gasteiger partial charge is 0.480 e. The van der Waals surface area contributed by atoms with Gasteiger partial charge >= 0.3 is 5.97 Å². The van der Waals surface area contributed by atoms with Crippen molar-refractivity contribution in [2.24, 2.45) is 5.92 Å². The van der Waals surface area contributed by atoms with Crippen LogP contribution in [0.1, 0.15) is 48.4 Å². The lowest BCUT2D eigenvalue weighted by atomic mass is 9.84. The Morgan fingerprint density at radius 3 is 2.80 bits per heavy atom.